The van der Waals surface area contributed by atoms with E-state index in [0.717, 1.165) is 11.1 Å². The first kappa shape index (κ1) is 11.2. The smallest absolute Gasteiger partial charge is 0.475 e. The normalized spacial score (nSPS) is 16.5. The average Bonchev–Trinajstić information content (AvgIpc) is 2.61. The third-order valence-corrected chi connectivity index (χ3v) is 1.43. The van der Waals surface area contributed by atoms with Gasteiger partial charge in [0.2, 0.25) is 0 Å². The highest BCUT2D eigenvalue weighted by Gasteiger charge is 2.38. The molecule has 0 aromatic heterocycles. The van der Waals surface area contributed by atoms with Gasteiger partial charge in [0.1, 0.15) is 0 Å². The average molecular weight is 218 g/mol. The van der Waals surface area contributed by atoms with Gasteiger partial charge in [-0.1, -0.05) is 0 Å². The monoisotopic (exact) mass is 218 g/mol. The summed E-state index contributed by atoms with van der Waals surface area (Å²) in [7, 11) is 0. The van der Waals surface area contributed by atoms with Crippen LogP contribution in [0.25, 0.3) is 0 Å². The topological polar surface area (TPSA) is 62.0 Å². The minimum atomic E-state index is -5.08. The Morgan fingerprint density at radius 1 is 1.13 bits per heavy atom. The highest BCUT2D eigenvalue weighted by molar-refractivity contribution is 6.04. The van der Waals surface area contributed by atoms with Crippen LogP contribution in [0, 0.1) is 0 Å². The molecule has 0 atom stereocenters. The Morgan fingerprint density at radius 3 is 1.73 bits per heavy atom. The Bertz CT molecular complexity index is 365. The van der Waals surface area contributed by atoms with Gasteiger partial charge in [-0.2, -0.15) is 13.2 Å². The third kappa shape index (κ3) is 3.04. The predicted molar refractivity (Wildman–Crippen MR) is 46.8 cm³/mol. The van der Waals surface area contributed by atoms with E-state index in [4.69, 9.17) is 9.90 Å². The van der Waals surface area contributed by atoms with E-state index in [2.05, 4.69) is 9.98 Å². The van der Waals surface area contributed by atoms with Crippen LogP contribution in [0.4, 0.5) is 13.2 Å². The second kappa shape index (κ2) is 4.07. The van der Waals surface area contributed by atoms with Gasteiger partial charge in [0, 0.05) is 36.0 Å². The number of fused-ring (bicyclic) bond motifs is 1. The fourth-order valence-corrected chi connectivity index (χ4v) is 0.761. The van der Waals surface area contributed by atoms with Crippen LogP contribution in [0.3, 0.4) is 0 Å². The van der Waals surface area contributed by atoms with E-state index in [1.54, 1.807) is 0 Å². The molecule has 0 aliphatic carbocycles. The van der Waals surface area contributed by atoms with Gasteiger partial charge in [-0.05, 0) is 0 Å². The first-order valence-electron chi connectivity index (χ1n) is 3.68. The van der Waals surface area contributed by atoms with Gasteiger partial charge >= 0.3 is 12.1 Å². The molecule has 2 aliphatic rings. The van der Waals surface area contributed by atoms with Crippen LogP contribution in [-0.4, -0.2) is 29.7 Å². The van der Waals surface area contributed by atoms with Crippen molar-refractivity contribution in [1.29, 1.82) is 0 Å². The van der Waals surface area contributed by atoms with Gasteiger partial charge in [-0.3, -0.25) is 9.98 Å². The summed E-state index contributed by atoms with van der Waals surface area (Å²) < 4.78 is 31.7. The molecule has 0 aromatic carbocycles. The molecule has 15 heavy (non-hydrogen) atoms. The molecular formula is C8H5F3N2O2. The lowest BCUT2D eigenvalue weighted by Crippen LogP contribution is -2.21. The summed E-state index contributed by atoms with van der Waals surface area (Å²) in [6, 6.07) is 0. The van der Waals surface area contributed by atoms with Gasteiger partial charge in [-0.25, -0.2) is 4.79 Å². The summed E-state index contributed by atoms with van der Waals surface area (Å²) in [6.45, 7) is 0. The number of carboxylic acids is 1. The number of alkyl halides is 3. The fourth-order valence-electron chi connectivity index (χ4n) is 0.761. The summed E-state index contributed by atoms with van der Waals surface area (Å²) in [6.07, 6.45) is 2.15. The zero-order chi connectivity index (χ0) is 11.5. The predicted octanol–water partition coefficient (Wildman–Crippen LogP) is 1.56. The van der Waals surface area contributed by atoms with E-state index in [-0.39, 0.29) is 0 Å². The molecule has 0 fully saturated rings. The number of aliphatic imine (C=N–C) groups is 2. The molecule has 4 nitrogen and oxygen atoms in total. The second-order valence-electron chi connectivity index (χ2n) is 2.53. The Kier molecular flexibility index (Phi) is 3.03. The van der Waals surface area contributed by atoms with E-state index in [1.165, 1.54) is 0 Å². The van der Waals surface area contributed by atoms with Crippen LogP contribution < -0.4 is 0 Å². The summed E-state index contributed by atoms with van der Waals surface area (Å²) in [5.41, 5.74) is 2.26. The maximum atomic E-state index is 10.6. The van der Waals surface area contributed by atoms with Crippen LogP contribution in [-0.2, 0) is 4.79 Å². The van der Waals surface area contributed by atoms with Crippen molar-refractivity contribution in [2.75, 3.05) is 0 Å². The Morgan fingerprint density at radius 2 is 1.47 bits per heavy atom. The van der Waals surface area contributed by atoms with Crippen molar-refractivity contribution in [2.45, 2.75) is 6.18 Å². The SMILES string of the molecule is C1=NC=C2C=NC=C12.O=C(O)C(F)(F)F. The van der Waals surface area contributed by atoms with Crippen molar-refractivity contribution in [3.63, 3.8) is 0 Å². The number of rotatable bonds is 0. The molecule has 0 saturated carbocycles. The molecule has 1 N–H and O–H groups in total. The van der Waals surface area contributed by atoms with E-state index < -0.39 is 12.1 Å². The quantitative estimate of drug-likeness (QED) is 0.670. The van der Waals surface area contributed by atoms with Crippen molar-refractivity contribution in [3.8, 4) is 0 Å². The Balaban J connectivity index is 0.000000153. The van der Waals surface area contributed by atoms with Gasteiger partial charge in [0.15, 0.2) is 0 Å². The van der Waals surface area contributed by atoms with Crippen molar-refractivity contribution >= 4 is 18.4 Å². The molecule has 2 heterocycles. The molecule has 80 valence electrons. The van der Waals surface area contributed by atoms with E-state index in [9.17, 15) is 13.2 Å². The van der Waals surface area contributed by atoms with Gasteiger partial charge < -0.3 is 5.11 Å². The first-order chi connectivity index (χ1) is 6.91. The van der Waals surface area contributed by atoms with Gasteiger partial charge in [-0.15, -0.1) is 0 Å². The summed E-state index contributed by atoms with van der Waals surface area (Å²) in [4.78, 5) is 16.7. The molecule has 0 aromatic rings. The molecule has 0 bridgehead atoms. The molecule has 2 rings (SSSR count). The van der Waals surface area contributed by atoms with Crippen LogP contribution in [0.1, 0.15) is 0 Å². The number of allylic oxidation sites excluding steroid dienone is 2. The molecule has 0 spiro atoms. The molecule has 0 unspecified atom stereocenters. The lowest BCUT2D eigenvalue weighted by Gasteiger charge is -1.93. The number of halogens is 3. The highest BCUT2D eigenvalue weighted by atomic mass is 19.4. The molecule has 7 heteroatoms. The lowest BCUT2D eigenvalue weighted by molar-refractivity contribution is -0.192. The Hall–Kier alpha value is -1.92. The second-order valence-corrected chi connectivity index (χ2v) is 2.53. The summed E-state index contributed by atoms with van der Waals surface area (Å²) in [5, 5.41) is 7.12. The van der Waals surface area contributed by atoms with Crippen LogP contribution >= 0.6 is 0 Å². The minimum Gasteiger partial charge on any atom is -0.475 e. The molecular weight excluding hydrogens is 213 g/mol. The van der Waals surface area contributed by atoms with Crippen molar-refractivity contribution in [1.82, 2.24) is 0 Å². The Labute approximate surface area is 82.2 Å². The molecule has 0 amide bonds. The maximum Gasteiger partial charge on any atom is 0.490 e. The molecule has 2 aliphatic heterocycles. The van der Waals surface area contributed by atoms with Crippen molar-refractivity contribution < 1.29 is 23.1 Å². The number of nitrogens with zero attached hydrogens (tertiary/aromatic N) is 2. The first-order valence-corrected chi connectivity index (χ1v) is 3.68. The third-order valence-electron chi connectivity index (χ3n) is 1.43. The van der Waals surface area contributed by atoms with Crippen LogP contribution in [0.2, 0.25) is 0 Å². The largest absolute Gasteiger partial charge is 0.490 e. The van der Waals surface area contributed by atoms with Crippen LogP contribution in [0.15, 0.2) is 33.5 Å². The molecule has 0 saturated heterocycles. The van der Waals surface area contributed by atoms with E-state index in [1.807, 2.05) is 24.8 Å². The van der Waals surface area contributed by atoms with Gasteiger partial charge in [0.05, 0.1) is 0 Å². The van der Waals surface area contributed by atoms with Crippen LogP contribution in [0.5, 0.6) is 0 Å². The molecule has 0 radical (unpaired) electrons. The highest BCUT2D eigenvalue weighted by Crippen LogP contribution is 2.15. The number of carboxylic acid groups (broad SMARTS) is 1. The number of hydrogen-bond acceptors (Lipinski definition) is 3. The summed E-state index contributed by atoms with van der Waals surface area (Å²) >= 11 is 0. The standard InChI is InChI=1S/C6H4N2.C2HF3O2/c1-5-2-8-4-6(5)3-7-1;3-2(4,5)1(6)7/h1-4H;(H,6,7). The number of aliphatic carboxylic acids is 1. The van der Waals surface area contributed by atoms with E-state index >= 15 is 0 Å². The zero-order valence-corrected chi connectivity index (χ0v) is 7.19. The minimum absolute atomic E-state index is 1.13. The van der Waals surface area contributed by atoms with E-state index in [0.29, 0.717) is 0 Å². The number of carbonyl (C=O) groups is 1. The zero-order valence-electron chi connectivity index (χ0n) is 7.19. The van der Waals surface area contributed by atoms with Crippen molar-refractivity contribution in [2.24, 2.45) is 9.98 Å². The van der Waals surface area contributed by atoms with Gasteiger partial charge in [0.25, 0.3) is 0 Å². The fraction of sp³-hybridized carbons (Fsp3) is 0.125. The summed E-state index contributed by atoms with van der Waals surface area (Å²) in [5.74, 6) is -2.76. The lowest BCUT2D eigenvalue weighted by atomic mass is 10.2. The number of hydrogen-bond donors (Lipinski definition) is 1. The maximum absolute atomic E-state index is 10.6. The van der Waals surface area contributed by atoms with Crippen molar-refractivity contribution in [3.05, 3.63) is 23.5 Å².